The van der Waals surface area contributed by atoms with E-state index in [0.29, 0.717) is 51.7 Å². The lowest BCUT2D eigenvalue weighted by atomic mass is 9.88. The highest BCUT2D eigenvalue weighted by Gasteiger charge is 2.27. The number of hydrazine groups is 1. The molecule has 0 aromatic rings. The van der Waals surface area contributed by atoms with Crippen LogP contribution in [0.2, 0.25) is 0 Å². The predicted octanol–water partition coefficient (Wildman–Crippen LogP) is 4.25. The molecule has 0 aromatic heterocycles. The number of aliphatic hydroxyl groups excluding tert-OH is 1. The van der Waals surface area contributed by atoms with Crippen molar-refractivity contribution >= 4 is 47.0 Å². The minimum Gasteiger partial charge on any atom is -0.481 e. The second-order valence-corrected chi connectivity index (χ2v) is 18.1. The van der Waals surface area contributed by atoms with Crippen LogP contribution in [0.15, 0.2) is 0 Å². The van der Waals surface area contributed by atoms with Crippen molar-refractivity contribution in [1.29, 1.82) is 0 Å². The highest BCUT2D eigenvalue weighted by Crippen LogP contribution is 2.19. The molecule has 20 heteroatoms. The molecule has 9 N–H and O–H groups in total. The van der Waals surface area contributed by atoms with Crippen LogP contribution in [0.25, 0.3) is 0 Å². The first kappa shape index (κ1) is 65.1. The van der Waals surface area contributed by atoms with Crippen LogP contribution in [0.1, 0.15) is 174 Å². The Morgan fingerprint density at radius 2 is 1.01 bits per heavy atom. The number of ketones is 3. The molecule has 0 aromatic carbocycles. The van der Waals surface area contributed by atoms with E-state index in [2.05, 4.69) is 21.4 Å². The monoisotopic (exact) mass is 988 g/mol. The number of aliphatic hydroxyl groups is 1. The largest absolute Gasteiger partial charge is 0.481 e. The number of carbonyl (C=O) groups excluding carboxylic acids is 6. The van der Waals surface area contributed by atoms with Crippen LogP contribution in [0.3, 0.4) is 0 Å². The molecule has 0 aliphatic carbocycles. The first-order chi connectivity index (χ1) is 33.1. The number of nitrogens with two attached hydrogens (primary N) is 1. The number of rotatable bonds is 51. The van der Waals surface area contributed by atoms with Gasteiger partial charge in [0.05, 0.1) is 38.6 Å². The van der Waals surface area contributed by atoms with Crippen LogP contribution >= 0.6 is 0 Å². The summed E-state index contributed by atoms with van der Waals surface area (Å²) in [5.41, 5.74) is 1.56. The quantitative estimate of drug-likeness (QED) is 0.0240. The molecule has 0 heterocycles. The van der Waals surface area contributed by atoms with Gasteiger partial charge in [0.15, 0.2) is 11.6 Å². The first-order valence-electron chi connectivity index (χ1n) is 25.4. The Bertz CT molecular complexity index is 1430. The third-order valence-corrected chi connectivity index (χ3v) is 11.6. The molecule has 2 atom stereocenters. The van der Waals surface area contributed by atoms with Crippen LogP contribution in [0.4, 0.5) is 0 Å². The molecule has 0 spiro atoms. The van der Waals surface area contributed by atoms with Crippen molar-refractivity contribution < 1.29 is 72.6 Å². The van der Waals surface area contributed by atoms with Crippen molar-refractivity contribution in [3.63, 3.8) is 0 Å². The van der Waals surface area contributed by atoms with E-state index in [0.717, 1.165) is 38.5 Å². The van der Waals surface area contributed by atoms with Crippen molar-refractivity contribution in [1.82, 2.24) is 21.4 Å². The van der Waals surface area contributed by atoms with E-state index in [9.17, 15) is 48.6 Å². The molecule has 0 saturated carbocycles. The summed E-state index contributed by atoms with van der Waals surface area (Å²) in [4.78, 5) is 95.4. The van der Waals surface area contributed by atoms with Gasteiger partial charge in [-0.25, -0.2) is 10.2 Å². The maximum Gasteiger partial charge on any atom is 0.326 e. The predicted molar refractivity (Wildman–Crippen MR) is 259 cm³/mol. The van der Waals surface area contributed by atoms with Crippen molar-refractivity contribution in [2.75, 3.05) is 72.6 Å². The third-order valence-electron chi connectivity index (χ3n) is 11.6. The van der Waals surface area contributed by atoms with Crippen molar-refractivity contribution in [3.8, 4) is 0 Å². The highest BCUT2D eigenvalue weighted by atomic mass is 16.5. The average Bonchev–Trinajstić information content (AvgIpc) is 3.31. The lowest BCUT2D eigenvalue weighted by Gasteiger charge is -2.23. The minimum atomic E-state index is -1.16. The van der Waals surface area contributed by atoms with Gasteiger partial charge in [-0.1, -0.05) is 83.5 Å². The van der Waals surface area contributed by atoms with Gasteiger partial charge < -0.3 is 50.2 Å². The number of amides is 3. The number of carboxylic acid groups (broad SMARTS) is 2. The Balaban J connectivity index is 3.75. The Morgan fingerprint density at radius 3 is 1.54 bits per heavy atom. The normalized spacial score (nSPS) is 12.3. The summed E-state index contributed by atoms with van der Waals surface area (Å²) < 4.78 is 21.5. The van der Waals surface area contributed by atoms with Crippen molar-refractivity contribution in [3.05, 3.63) is 0 Å². The van der Waals surface area contributed by atoms with Gasteiger partial charge >= 0.3 is 11.9 Å². The number of Topliss-reactive ketones (excluding diaryl/α,β-unsaturated/α-hetero) is 3. The Hall–Kier alpha value is -3.92. The summed E-state index contributed by atoms with van der Waals surface area (Å²) in [6.07, 6.45) is 18.5. The molecule has 0 rings (SSSR count). The van der Waals surface area contributed by atoms with E-state index in [1.165, 1.54) is 44.9 Å². The number of aliphatic carboxylic acids is 2. The number of carbonyl (C=O) groups is 8. The summed E-state index contributed by atoms with van der Waals surface area (Å²) in [5, 5.41) is 35.5. The summed E-state index contributed by atoms with van der Waals surface area (Å²) in [6.45, 7) is 4.38. The maximum atomic E-state index is 12.4. The van der Waals surface area contributed by atoms with Gasteiger partial charge in [-0.15, -0.1) is 0 Å². The van der Waals surface area contributed by atoms with E-state index in [1.807, 2.05) is 0 Å². The van der Waals surface area contributed by atoms with E-state index >= 15 is 0 Å². The number of nitrogens with one attached hydrogen (secondary N) is 4. The lowest BCUT2D eigenvalue weighted by molar-refractivity contribution is -0.142. The highest BCUT2D eigenvalue weighted by molar-refractivity contribution is 5.88. The zero-order valence-electron chi connectivity index (χ0n) is 41.9. The molecule has 69 heavy (non-hydrogen) atoms. The SMILES string of the molecule is CC(C)(NN)C(=O)CC[C@@H](CCCCNC(=O)COCCOCCNC(=O)COCCOCCCC(=O)CC[C@H](NC(=O)CCCCCCCCCCCCCCCCC(=O)O)C(=O)O)C(=O)CO. The fourth-order valence-electron chi connectivity index (χ4n) is 7.18. The number of carboxylic acids is 2. The zero-order chi connectivity index (χ0) is 51.4. The fraction of sp³-hybridized carbons (Fsp3) is 0.837. The molecule has 0 aliphatic heterocycles. The van der Waals surface area contributed by atoms with Gasteiger partial charge in [0.25, 0.3) is 0 Å². The van der Waals surface area contributed by atoms with Gasteiger partial charge in [-0.05, 0) is 58.8 Å². The van der Waals surface area contributed by atoms with Crippen molar-refractivity contribution in [2.24, 2.45) is 11.8 Å². The second-order valence-electron chi connectivity index (χ2n) is 18.1. The Labute approximate surface area is 410 Å². The molecule has 0 fully saturated rings. The summed E-state index contributed by atoms with van der Waals surface area (Å²) >= 11 is 0. The Morgan fingerprint density at radius 1 is 0.507 bits per heavy atom. The number of unbranched alkanes of at least 4 members (excludes halogenated alkanes) is 14. The van der Waals surface area contributed by atoms with Gasteiger partial charge in [0.2, 0.25) is 17.7 Å². The van der Waals surface area contributed by atoms with Crippen LogP contribution < -0.4 is 27.2 Å². The van der Waals surface area contributed by atoms with Gasteiger partial charge in [-0.3, -0.25) is 39.4 Å². The molecule has 0 aliphatic rings. The van der Waals surface area contributed by atoms with E-state index in [-0.39, 0.29) is 126 Å². The van der Waals surface area contributed by atoms with Gasteiger partial charge in [0.1, 0.15) is 31.6 Å². The first-order valence-corrected chi connectivity index (χ1v) is 25.4. The van der Waals surface area contributed by atoms with E-state index < -0.39 is 36.0 Å². The van der Waals surface area contributed by atoms with Gasteiger partial charge in [0, 0.05) is 57.7 Å². The minimum absolute atomic E-state index is 0.0243. The topological polar surface area (TPSA) is 308 Å². The molecule has 0 bridgehead atoms. The number of hydrogen-bond donors (Lipinski definition) is 8. The number of ether oxygens (including phenoxy) is 4. The lowest BCUT2D eigenvalue weighted by Crippen LogP contribution is -2.50. The maximum absolute atomic E-state index is 12.4. The zero-order valence-corrected chi connectivity index (χ0v) is 41.9. The van der Waals surface area contributed by atoms with Crippen LogP contribution in [0, 0.1) is 5.92 Å². The molecule has 400 valence electrons. The fourth-order valence-corrected chi connectivity index (χ4v) is 7.18. The molecular formula is C49H89N5O15. The molecular weight excluding hydrogens is 899 g/mol. The molecule has 3 amide bonds. The molecule has 0 unspecified atom stereocenters. The summed E-state index contributed by atoms with van der Waals surface area (Å²) in [5.74, 6) is 1.59. The third kappa shape index (κ3) is 40.5. The van der Waals surface area contributed by atoms with E-state index in [1.54, 1.807) is 13.8 Å². The smallest absolute Gasteiger partial charge is 0.326 e. The second kappa shape index (κ2) is 44.1. The molecule has 0 saturated heterocycles. The van der Waals surface area contributed by atoms with Crippen molar-refractivity contribution in [2.45, 2.75) is 186 Å². The van der Waals surface area contributed by atoms with Crippen LogP contribution in [-0.2, 0) is 57.3 Å². The Kier molecular flexibility index (Phi) is 41.5. The standard InChI is InChI=1S/C49H89N5O15/c1-49(2,54-50)43(58)27-24-39(42(57)36-55)20-17-18-28-51-45(60)37-69-35-33-67-31-29-52-46(61)38-68-34-32-66-30-19-21-40(56)25-26-41(48(64)65)53-44(59)22-15-13-11-9-7-5-3-4-6-8-10-12-14-16-23-47(62)63/h39,41,54-55H,3-38,50H2,1-2H3,(H,51,60)(H,52,61)(H,53,59)(H,62,63)(H,64,65)/t39-,41+/m1/s1. The van der Waals surface area contributed by atoms with Crippen LogP contribution in [0.5, 0.6) is 0 Å². The molecule has 0 radical (unpaired) electrons. The van der Waals surface area contributed by atoms with Crippen LogP contribution in [-0.4, -0.2) is 146 Å². The summed E-state index contributed by atoms with van der Waals surface area (Å²) in [6, 6.07) is -1.11. The number of hydrogen-bond acceptors (Lipinski definition) is 15. The summed E-state index contributed by atoms with van der Waals surface area (Å²) in [7, 11) is 0. The van der Waals surface area contributed by atoms with E-state index in [4.69, 9.17) is 29.9 Å². The average molecular weight is 988 g/mol. The van der Waals surface area contributed by atoms with Gasteiger partial charge in [-0.2, -0.15) is 0 Å². The molecule has 20 nitrogen and oxygen atoms in total.